The molecule has 0 radical (unpaired) electrons. The highest BCUT2D eigenvalue weighted by Crippen LogP contribution is 2.31. The zero-order valence-electron chi connectivity index (χ0n) is 12.7. The molecule has 2 aliphatic heterocycles. The molecule has 8 heteroatoms. The van der Waals surface area contributed by atoms with Gasteiger partial charge in [-0.3, -0.25) is 9.69 Å². The Bertz CT molecular complexity index is 396. The van der Waals surface area contributed by atoms with Crippen LogP contribution in [-0.4, -0.2) is 104 Å². The van der Waals surface area contributed by atoms with Crippen molar-refractivity contribution in [2.24, 2.45) is 5.92 Å². The summed E-state index contributed by atoms with van der Waals surface area (Å²) in [5.41, 5.74) is 0. The lowest BCUT2D eigenvalue weighted by molar-refractivity contribution is -0.128. The van der Waals surface area contributed by atoms with Crippen molar-refractivity contribution in [3.8, 4) is 0 Å². The van der Waals surface area contributed by atoms with Crippen LogP contribution in [0.1, 0.15) is 13.3 Å². The number of hydrogen-bond donors (Lipinski definition) is 5. The predicted octanol–water partition coefficient (Wildman–Crippen LogP) is -3.03. The van der Waals surface area contributed by atoms with Gasteiger partial charge >= 0.3 is 0 Å². The van der Waals surface area contributed by atoms with Crippen LogP contribution in [0.15, 0.2) is 0 Å². The Morgan fingerprint density at radius 3 is 2.36 bits per heavy atom. The summed E-state index contributed by atoms with van der Waals surface area (Å²) in [6.07, 6.45) is -4.93. The topological polar surface area (TPSA) is 125 Å². The highest BCUT2D eigenvalue weighted by molar-refractivity contribution is 5.73. The van der Waals surface area contributed by atoms with Gasteiger partial charge in [-0.15, -0.1) is 0 Å². The lowest BCUT2D eigenvalue weighted by atomic mass is 10.0. The number of aliphatic hydroxyl groups is 5. The van der Waals surface area contributed by atoms with Crippen molar-refractivity contribution < 1.29 is 30.3 Å². The number of likely N-dealkylation sites (tertiary alicyclic amines) is 2. The van der Waals surface area contributed by atoms with Gasteiger partial charge in [0.2, 0.25) is 5.91 Å². The molecule has 2 heterocycles. The van der Waals surface area contributed by atoms with E-state index in [1.54, 1.807) is 4.90 Å². The fraction of sp³-hybridized carbons (Fsp3) is 0.929. The second-order valence-corrected chi connectivity index (χ2v) is 6.33. The summed E-state index contributed by atoms with van der Waals surface area (Å²) in [5, 5.41) is 47.7. The van der Waals surface area contributed by atoms with Crippen molar-refractivity contribution in [2.45, 2.75) is 43.8 Å². The van der Waals surface area contributed by atoms with Gasteiger partial charge in [-0.05, 0) is 18.9 Å². The van der Waals surface area contributed by atoms with Crippen LogP contribution in [0.3, 0.4) is 0 Å². The third-order valence-corrected chi connectivity index (χ3v) is 4.85. The molecule has 0 spiro atoms. The molecule has 5 N–H and O–H groups in total. The van der Waals surface area contributed by atoms with Gasteiger partial charge in [-0.2, -0.15) is 0 Å². The van der Waals surface area contributed by atoms with E-state index < -0.39 is 31.0 Å². The normalized spacial score (nSPS) is 30.9. The molecule has 0 aromatic carbocycles. The van der Waals surface area contributed by atoms with E-state index in [0.29, 0.717) is 12.5 Å². The van der Waals surface area contributed by atoms with Crippen molar-refractivity contribution in [2.75, 3.05) is 32.8 Å². The quantitative estimate of drug-likeness (QED) is 0.353. The molecule has 2 aliphatic rings. The molecule has 0 aromatic rings. The second-order valence-electron chi connectivity index (χ2n) is 6.33. The van der Waals surface area contributed by atoms with E-state index in [1.165, 1.54) is 6.92 Å². The van der Waals surface area contributed by atoms with Crippen LogP contribution in [-0.2, 0) is 4.79 Å². The van der Waals surface area contributed by atoms with Gasteiger partial charge in [-0.25, -0.2) is 0 Å². The summed E-state index contributed by atoms with van der Waals surface area (Å²) < 4.78 is 0. The number of fused-ring (bicyclic) bond motifs is 1. The van der Waals surface area contributed by atoms with Crippen LogP contribution < -0.4 is 0 Å². The summed E-state index contributed by atoms with van der Waals surface area (Å²) >= 11 is 0. The number of rotatable bonds is 6. The van der Waals surface area contributed by atoms with E-state index >= 15 is 0 Å². The smallest absolute Gasteiger partial charge is 0.219 e. The van der Waals surface area contributed by atoms with Crippen molar-refractivity contribution in [3.05, 3.63) is 0 Å². The standard InChI is InChI=1S/C14H26N2O6/c1-8(18)16-4-9-2-3-15(10(9)5-16)6-11(19)13(21)14(22)12(20)7-17/h9-14,17,19-22H,2-7H2,1H3/t9-,10+,11-,12+,13+,14+/m0/s1. The molecule has 2 saturated heterocycles. The number of carbonyl (C=O) groups excluding carboxylic acids is 1. The minimum absolute atomic E-state index is 0.0384. The Morgan fingerprint density at radius 1 is 1.14 bits per heavy atom. The van der Waals surface area contributed by atoms with Crippen molar-refractivity contribution in [3.63, 3.8) is 0 Å². The molecule has 0 aromatic heterocycles. The van der Waals surface area contributed by atoms with Crippen LogP contribution in [0, 0.1) is 5.92 Å². The Hall–Kier alpha value is -0.770. The molecule has 2 rings (SSSR count). The van der Waals surface area contributed by atoms with Crippen LogP contribution in [0.5, 0.6) is 0 Å². The van der Waals surface area contributed by atoms with Crippen LogP contribution >= 0.6 is 0 Å². The fourth-order valence-electron chi connectivity index (χ4n) is 3.44. The maximum atomic E-state index is 11.4. The van der Waals surface area contributed by atoms with E-state index in [4.69, 9.17) is 5.11 Å². The number of amides is 1. The summed E-state index contributed by atoms with van der Waals surface area (Å²) in [5.74, 6) is 0.414. The lowest BCUT2D eigenvalue weighted by Crippen LogP contribution is -2.51. The minimum atomic E-state index is -1.60. The number of aliphatic hydroxyl groups excluding tert-OH is 5. The van der Waals surface area contributed by atoms with Gasteiger partial charge in [0, 0.05) is 32.6 Å². The Labute approximate surface area is 129 Å². The van der Waals surface area contributed by atoms with Crippen molar-refractivity contribution in [1.82, 2.24) is 9.80 Å². The molecular formula is C14H26N2O6. The molecule has 0 saturated carbocycles. The largest absolute Gasteiger partial charge is 0.394 e. The van der Waals surface area contributed by atoms with Gasteiger partial charge in [0.05, 0.1) is 12.7 Å². The number of β-amino-alcohol motifs (C(OH)–C–C–N with tert-alkyl or cyclic N) is 1. The fourth-order valence-corrected chi connectivity index (χ4v) is 3.44. The number of hydrogen-bond acceptors (Lipinski definition) is 7. The van der Waals surface area contributed by atoms with E-state index in [2.05, 4.69) is 0 Å². The van der Waals surface area contributed by atoms with Gasteiger partial charge in [-0.1, -0.05) is 0 Å². The average Bonchev–Trinajstić information content (AvgIpc) is 3.06. The summed E-state index contributed by atoms with van der Waals surface area (Å²) in [6.45, 7) is 3.11. The predicted molar refractivity (Wildman–Crippen MR) is 76.8 cm³/mol. The molecule has 0 aliphatic carbocycles. The maximum absolute atomic E-state index is 11.4. The van der Waals surface area contributed by atoms with Gasteiger partial charge in [0.15, 0.2) is 0 Å². The Balaban J connectivity index is 1.89. The van der Waals surface area contributed by atoms with E-state index in [9.17, 15) is 25.2 Å². The van der Waals surface area contributed by atoms with Crippen LogP contribution in [0.2, 0.25) is 0 Å². The van der Waals surface area contributed by atoms with Gasteiger partial charge in [0.1, 0.15) is 18.3 Å². The molecule has 8 nitrogen and oxygen atoms in total. The summed E-state index contributed by atoms with van der Waals surface area (Å²) in [7, 11) is 0. The zero-order valence-corrected chi connectivity index (χ0v) is 12.7. The third-order valence-electron chi connectivity index (χ3n) is 4.85. The molecule has 22 heavy (non-hydrogen) atoms. The molecule has 128 valence electrons. The van der Waals surface area contributed by atoms with Crippen LogP contribution in [0.4, 0.5) is 0 Å². The van der Waals surface area contributed by atoms with Gasteiger partial charge in [0.25, 0.3) is 0 Å². The Morgan fingerprint density at radius 2 is 1.77 bits per heavy atom. The molecule has 0 unspecified atom stereocenters. The maximum Gasteiger partial charge on any atom is 0.219 e. The second kappa shape index (κ2) is 7.20. The third kappa shape index (κ3) is 3.58. The van der Waals surface area contributed by atoms with E-state index in [-0.39, 0.29) is 18.5 Å². The highest BCUT2D eigenvalue weighted by atomic mass is 16.4. The first-order valence-electron chi connectivity index (χ1n) is 7.67. The van der Waals surface area contributed by atoms with Gasteiger partial charge < -0.3 is 30.4 Å². The number of nitrogens with zero attached hydrogens (tertiary/aromatic N) is 2. The first kappa shape index (κ1) is 17.6. The first-order chi connectivity index (χ1) is 10.3. The van der Waals surface area contributed by atoms with Crippen molar-refractivity contribution in [1.29, 1.82) is 0 Å². The lowest BCUT2D eigenvalue weighted by Gasteiger charge is -2.31. The zero-order chi connectivity index (χ0) is 16.4. The molecule has 6 atom stereocenters. The first-order valence-corrected chi connectivity index (χ1v) is 7.67. The molecular weight excluding hydrogens is 292 g/mol. The molecule has 1 amide bonds. The van der Waals surface area contributed by atoms with E-state index in [1.807, 2.05) is 4.90 Å². The highest BCUT2D eigenvalue weighted by Gasteiger charge is 2.43. The molecule has 0 bridgehead atoms. The Kier molecular flexibility index (Phi) is 5.76. The summed E-state index contributed by atoms with van der Waals surface area (Å²) in [6, 6.07) is 0.158. The average molecular weight is 318 g/mol. The summed E-state index contributed by atoms with van der Waals surface area (Å²) in [4.78, 5) is 15.2. The van der Waals surface area contributed by atoms with E-state index in [0.717, 1.165) is 19.5 Å². The van der Waals surface area contributed by atoms with Crippen LogP contribution in [0.25, 0.3) is 0 Å². The van der Waals surface area contributed by atoms with Crippen molar-refractivity contribution >= 4 is 5.91 Å². The monoisotopic (exact) mass is 318 g/mol. The molecule has 2 fully saturated rings. The number of carbonyl (C=O) groups is 1. The minimum Gasteiger partial charge on any atom is -0.394 e. The SMILES string of the molecule is CC(=O)N1C[C@@H]2CCN(C[C@H](O)[C@@H](O)[C@H](O)[C@H](O)CO)[C@@H]2C1.